The van der Waals surface area contributed by atoms with Gasteiger partial charge in [-0.25, -0.2) is 14.2 Å². The minimum atomic E-state index is -5.08. The van der Waals surface area contributed by atoms with Crippen LogP contribution in [-0.2, 0) is 9.59 Å². The molecule has 0 fully saturated rings. The summed E-state index contributed by atoms with van der Waals surface area (Å²) < 4.78 is 44.6. The van der Waals surface area contributed by atoms with E-state index in [1.54, 1.807) is 36.0 Å². The molecular weight excluding hydrogens is 426 g/mol. The number of aliphatic carboxylic acids is 1. The highest BCUT2D eigenvalue weighted by molar-refractivity contribution is 7.13. The zero-order valence-electron chi connectivity index (χ0n) is 14.9. The van der Waals surface area contributed by atoms with Gasteiger partial charge in [0.25, 0.3) is 0 Å². The molecule has 2 heterocycles. The lowest BCUT2D eigenvalue weighted by atomic mass is 10.1. The number of benzene rings is 1. The van der Waals surface area contributed by atoms with Crippen LogP contribution in [0.4, 0.5) is 22.7 Å². The molecule has 0 bridgehead atoms. The van der Waals surface area contributed by atoms with Crippen molar-refractivity contribution in [1.82, 2.24) is 9.97 Å². The van der Waals surface area contributed by atoms with Gasteiger partial charge in [0.15, 0.2) is 5.13 Å². The SMILES string of the molecule is O=C(C=Cc1ccc(-c2ccc(F)cc2)nc1)Nc1nccs1.O=C(O)C(F)(F)F. The summed E-state index contributed by atoms with van der Waals surface area (Å²) in [6.07, 6.45) is 1.30. The van der Waals surface area contributed by atoms with E-state index in [9.17, 15) is 22.4 Å². The standard InChI is InChI=1S/C17H12FN3OS.C2HF3O2/c18-14-5-3-13(4-6-14)15-7-1-12(11-20-15)2-8-16(22)21-17-19-9-10-23-17;3-2(4,5)1(6)7/h1-11H,(H,19,21,22);(H,6,7). The number of carboxylic acid groups (broad SMARTS) is 1. The molecule has 1 aromatic carbocycles. The first-order valence-electron chi connectivity index (χ1n) is 8.06. The van der Waals surface area contributed by atoms with Crippen LogP contribution in [-0.4, -0.2) is 33.1 Å². The minimum absolute atomic E-state index is 0.248. The van der Waals surface area contributed by atoms with Gasteiger partial charge in [-0.2, -0.15) is 13.2 Å². The second-order valence-corrected chi connectivity index (χ2v) is 6.34. The number of nitrogens with one attached hydrogen (secondary N) is 1. The first-order valence-corrected chi connectivity index (χ1v) is 8.94. The van der Waals surface area contributed by atoms with Gasteiger partial charge in [-0.1, -0.05) is 6.07 Å². The van der Waals surface area contributed by atoms with E-state index < -0.39 is 12.1 Å². The smallest absolute Gasteiger partial charge is 0.475 e. The number of carbonyl (C=O) groups is 2. The van der Waals surface area contributed by atoms with E-state index in [1.807, 2.05) is 12.1 Å². The van der Waals surface area contributed by atoms with Gasteiger partial charge < -0.3 is 5.11 Å². The molecule has 0 unspecified atom stereocenters. The molecule has 0 aliphatic carbocycles. The van der Waals surface area contributed by atoms with Crippen LogP contribution in [0.5, 0.6) is 0 Å². The predicted octanol–water partition coefficient (Wildman–Crippen LogP) is 4.63. The number of hydrogen-bond acceptors (Lipinski definition) is 5. The quantitative estimate of drug-likeness (QED) is 0.457. The molecule has 3 aromatic rings. The van der Waals surface area contributed by atoms with Crippen molar-refractivity contribution in [2.24, 2.45) is 0 Å². The number of halogens is 4. The molecule has 30 heavy (non-hydrogen) atoms. The number of nitrogens with zero attached hydrogens (tertiary/aromatic N) is 2. The third kappa shape index (κ3) is 7.43. The van der Waals surface area contributed by atoms with Crippen molar-refractivity contribution >= 4 is 34.4 Å². The largest absolute Gasteiger partial charge is 0.490 e. The maximum Gasteiger partial charge on any atom is 0.490 e. The van der Waals surface area contributed by atoms with Crippen LogP contribution in [0, 0.1) is 5.82 Å². The molecule has 0 aliphatic heterocycles. The Labute approximate surface area is 171 Å². The Morgan fingerprint density at radius 1 is 1.07 bits per heavy atom. The van der Waals surface area contributed by atoms with Crippen LogP contribution in [0.25, 0.3) is 17.3 Å². The first kappa shape index (κ1) is 22.7. The number of amides is 1. The van der Waals surface area contributed by atoms with Gasteiger partial charge >= 0.3 is 12.1 Å². The molecule has 0 radical (unpaired) electrons. The molecule has 6 nitrogen and oxygen atoms in total. The van der Waals surface area contributed by atoms with E-state index >= 15 is 0 Å². The fourth-order valence-corrected chi connectivity index (χ4v) is 2.43. The third-order valence-corrected chi connectivity index (χ3v) is 3.95. The highest BCUT2D eigenvalue weighted by Crippen LogP contribution is 2.18. The van der Waals surface area contributed by atoms with Crippen molar-refractivity contribution in [3.63, 3.8) is 0 Å². The second kappa shape index (κ2) is 10.3. The molecule has 3 rings (SSSR count). The zero-order chi connectivity index (χ0) is 22.1. The zero-order valence-corrected chi connectivity index (χ0v) is 15.7. The summed E-state index contributed by atoms with van der Waals surface area (Å²) in [6.45, 7) is 0. The van der Waals surface area contributed by atoms with Crippen molar-refractivity contribution in [3.8, 4) is 11.3 Å². The number of aromatic nitrogens is 2. The molecule has 156 valence electrons. The maximum absolute atomic E-state index is 12.9. The lowest BCUT2D eigenvalue weighted by Crippen LogP contribution is -2.21. The fourth-order valence-electron chi connectivity index (χ4n) is 1.90. The number of carboxylic acids is 1. The summed E-state index contributed by atoms with van der Waals surface area (Å²) in [5, 5.41) is 12.1. The molecule has 0 spiro atoms. The normalized spacial score (nSPS) is 10.9. The Hall–Kier alpha value is -3.60. The van der Waals surface area contributed by atoms with E-state index in [-0.39, 0.29) is 11.7 Å². The van der Waals surface area contributed by atoms with E-state index in [1.165, 1.54) is 29.5 Å². The Morgan fingerprint density at radius 2 is 1.73 bits per heavy atom. The first-order chi connectivity index (χ1) is 14.1. The molecule has 2 N–H and O–H groups in total. The van der Waals surface area contributed by atoms with Gasteiger partial charge in [0.2, 0.25) is 5.91 Å². The monoisotopic (exact) mass is 439 g/mol. The number of pyridine rings is 1. The summed E-state index contributed by atoms with van der Waals surface area (Å²) in [7, 11) is 0. The van der Waals surface area contributed by atoms with E-state index in [0.717, 1.165) is 16.8 Å². The van der Waals surface area contributed by atoms with Gasteiger partial charge in [-0.05, 0) is 42.0 Å². The molecule has 0 saturated carbocycles. The van der Waals surface area contributed by atoms with Crippen LogP contribution < -0.4 is 5.32 Å². The fraction of sp³-hybridized carbons (Fsp3) is 0.0526. The molecule has 1 amide bonds. The number of carbonyl (C=O) groups excluding carboxylic acids is 1. The van der Waals surface area contributed by atoms with Crippen molar-refractivity contribution in [2.45, 2.75) is 6.18 Å². The van der Waals surface area contributed by atoms with E-state index in [2.05, 4.69) is 15.3 Å². The summed E-state index contributed by atoms with van der Waals surface area (Å²) in [4.78, 5) is 28.9. The number of hydrogen-bond donors (Lipinski definition) is 2. The van der Waals surface area contributed by atoms with E-state index in [0.29, 0.717) is 5.13 Å². The Morgan fingerprint density at radius 3 is 2.23 bits per heavy atom. The van der Waals surface area contributed by atoms with Gasteiger partial charge in [0.05, 0.1) is 5.69 Å². The molecule has 11 heteroatoms. The van der Waals surface area contributed by atoms with Crippen molar-refractivity contribution < 1.29 is 32.3 Å². The highest BCUT2D eigenvalue weighted by Gasteiger charge is 2.38. The van der Waals surface area contributed by atoms with Gasteiger partial charge in [0.1, 0.15) is 5.82 Å². The Balaban J connectivity index is 0.000000396. The van der Waals surface area contributed by atoms with Crippen LogP contribution in [0.1, 0.15) is 5.56 Å². The molecule has 0 atom stereocenters. The van der Waals surface area contributed by atoms with E-state index in [4.69, 9.17) is 9.90 Å². The molecular formula is C19H13F4N3O3S. The molecule has 0 saturated heterocycles. The summed E-state index contributed by atoms with van der Waals surface area (Å²) in [5.74, 6) is -3.28. The molecule has 2 aromatic heterocycles. The Kier molecular flexibility index (Phi) is 7.76. The highest BCUT2D eigenvalue weighted by atomic mass is 32.1. The van der Waals surface area contributed by atoms with Crippen LogP contribution >= 0.6 is 11.3 Å². The molecule has 0 aliphatic rings. The topological polar surface area (TPSA) is 92.2 Å². The summed E-state index contributed by atoms with van der Waals surface area (Å²) >= 11 is 1.36. The van der Waals surface area contributed by atoms with Crippen LogP contribution in [0.3, 0.4) is 0 Å². The van der Waals surface area contributed by atoms with Crippen molar-refractivity contribution in [2.75, 3.05) is 5.32 Å². The van der Waals surface area contributed by atoms with Crippen LogP contribution in [0.2, 0.25) is 0 Å². The average Bonchev–Trinajstić information content (AvgIpc) is 3.20. The van der Waals surface area contributed by atoms with Crippen LogP contribution in [0.15, 0.2) is 60.2 Å². The predicted molar refractivity (Wildman–Crippen MR) is 103 cm³/mol. The summed E-state index contributed by atoms with van der Waals surface area (Å²) in [6, 6.07) is 9.81. The van der Waals surface area contributed by atoms with Crippen molar-refractivity contribution in [1.29, 1.82) is 0 Å². The Bertz CT molecular complexity index is 1000. The minimum Gasteiger partial charge on any atom is -0.475 e. The average molecular weight is 439 g/mol. The number of thiazole rings is 1. The number of rotatable bonds is 4. The maximum atomic E-state index is 12.9. The van der Waals surface area contributed by atoms with Gasteiger partial charge in [0, 0.05) is 29.4 Å². The second-order valence-electron chi connectivity index (χ2n) is 5.45. The van der Waals surface area contributed by atoms with Gasteiger partial charge in [-0.3, -0.25) is 15.1 Å². The lowest BCUT2D eigenvalue weighted by molar-refractivity contribution is -0.192. The van der Waals surface area contributed by atoms with Gasteiger partial charge in [-0.15, -0.1) is 11.3 Å². The number of alkyl halides is 3. The third-order valence-electron chi connectivity index (χ3n) is 3.26. The lowest BCUT2D eigenvalue weighted by Gasteiger charge is -2.01. The summed E-state index contributed by atoms with van der Waals surface area (Å²) in [5.41, 5.74) is 2.38. The van der Waals surface area contributed by atoms with Crippen molar-refractivity contribution in [3.05, 3.63) is 71.6 Å². The number of anilines is 1.